The number of allylic oxidation sites excluding steroid dienone is 1. The van der Waals surface area contributed by atoms with E-state index in [0.717, 1.165) is 6.08 Å². The fourth-order valence-corrected chi connectivity index (χ4v) is 1.08. The van der Waals surface area contributed by atoms with E-state index in [0.29, 0.717) is 11.1 Å². The molecule has 0 spiro atoms. The first-order chi connectivity index (χ1) is 6.50. The van der Waals surface area contributed by atoms with Crippen molar-refractivity contribution in [3.8, 4) is 0 Å². The van der Waals surface area contributed by atoms with Gasteiger partial charge in [-0.3, -0.25) is 0 Å². The normalized spacial score (nSPS) is 11.4. The predicted molar refractivity (Wildman–Crippen MR) is 52.7 cm³/mol. The fourth-order valence-electron chi connectivity index (χ4n) is 0.939. The Labute approximate surface area is 85.2 Å². The average Bonchev–Trinajstić information content (AvgIpc) is 2.01. The third-order valence-electron chi connectivity index (χ3n) is 1.55. The molecule has 0 radical (unpaired) electrons. The molecule has 0 aliphatic rings. The highest BCUT2D eigenvalue weighted by Crippen LogP contribution is 2.19. The van der Waals surface area contributed by atoms with Crippen LogP contribution in [0.2, 0.25) is 5.28 Å². The molecule has 6 heteroatoms. The largest absolute Gasteiger partial charge is 0.478 e. The second kappa shape index (κ2) is 4.06. The van der Waals surface area contributed by atoms with Crippen molar-refractivity contribution in [1.82, 2.24) is 9.97 Å². The molecule has 14 heavy (non-hydrogen) atoms. The standard InChI is InChI=1S/C8H8ClN3O2/c1-4(2-6(13)14)5-3-11-8(9)12-7(5)10/h2-3H,1H3,(H,13,14)(H2,10,11,12)/b4-2+. The van der Waals surface area contributed by atoms with Gasteiger partial charge in [0.1, 0.15) is 5.82 Å². The number of carboxylic acids is 1. The van der Waals surface area contributed by atoms with E-state index in [1.54, 1.807) is 6.92 Å². The first-order valence-electron chi connectivity index (χ1n) is 3.70. The lowest BCUT2D eigenvalue weighted by atomic mass is 10.1. The number of carbonyl (C=O) groups is 1. The Hall–Kier alpha value is -1.62. The van der Waals surface area contributed by atoms with Crippen molar-refractivity contribution in [3.05, 3.63) is 23.1 Å². The van der Waals surface area contributed by atoms with Crippen molar-refractivity contribution in [1.29, 1.82) is 0 Å². The predicted octanol–water partition coefficient (Wildman–Crippen LogP) is 1.20. The van der Waals surface area contributed by atoms with Crippen molar-refractivity contribution >= 4 is 29.0 Å². The van der Waals surface area contributed by atoms with Crippen molar-refractivity contribution in [2.75, 3.05) is 5.73 Å². The molecule has 1 aromatic rings. The molecule has 1 heterocycles. The molecular weight excluding hydrogens is 206 g/mol. The molecule has 0 aromatic carbocycles. The Morgan fingerprint density at radius 2 is 2.36 bits per heavy atom. The fraction of sp³-hybridized carbons (Fsp3) is 0.125. The third kappa shape index (κ3) is 2.43. The summed E-state index contributed by atoms with van der Waals surface area (Å²) in [4.78, 5) is 17.8. The van der Waals surface area contributed by atoms with Gasteiger partial charge in [-0.05, 0) is 24.1 Å². The second-order valence-electron chi connectivity index (χ2n) is 2.60. The maximum Gasteiger partial charge on any atom is 0.328 e. The number of nitrogens with zero attached hydrogens (tertiary/aromatic N) is 2. The highest BCUT2D eigenvalue weighted by molar-refractivity contribution is 6.28. The van der Waals surface area contributed by atoms with Gasteiger partial charge in [0.05, 0.1) is 0 Å². The van der Waals surface area contributed by atoms with Crippen LogP contribution in [0.5, 0.6) is 0 Å². The third-order valence-corrected chi connectivity index (χ3v) is 1.74. The Morgan fingerprint density at radius 3 is 2.86 bits per heavy atom. The number of carboxylic acid groups (broad SMARTS) is 1. The van der Waals surface area contributed by atoms with Gasteiger partial charge in [0.15, 0.2) is 0 Å². The summed E-state index contributed by atoms with van der Waals surface area (Å²) in [6.45, 7) is 1.61. The summed E-state index contributed by atoms with van der Waals surface area (Å²) < 4.78 is 0. The maximum atomic E-state index is 10.4. The Balaban J connectivity index is 3.14. The molecule has 5 nitrogen and oxygen atoms in total. The number of nitrogen functional groups attached to an aromatic ring is 1. The topological polar surface area (TPSA) is 89.1 Å². The minimum absolute atomic E-state index is 0.0365. The minimum Gasteiger partial charge on any atom is -0.478 e. The molecule has 0 saturated heterocycles. The lowest BCUT2D eigenvalue weighted by Gasteiger charge is -2.03. The van der Waals surface area contributed by atoms with Gasteiger partial charge < -0.3 is 10.8 Å². The van der Waals surface area contributed by atoms with Gasteiger partial charge in [0, 0.05) is 17.8 Å². The minimum atomic E-state index is -1.04. The van der Waals surface area contributed by atoms with E-state index in [2.05, 4.69) is 9.97 Å². The van der Waals surface area contributed by atoms with Crippen LogP contribution in [0.25, 0.3) is 5.57 Å². The van der Waals surface area contributed by atoms with Crippen molar-refractivity contribution in [2.24, 2.45) is 0 Å². The van der Waals surface area contributed by atoms with Gasteiger partial charge in [0.2, 0.25) is 5.28 Å². The smallest absolute Gasteiger partial charge is 0.328 e. The van der Waals surface area contributed by atoms with E-state index >= 15 is 0 Å². The Morgan fingerprint density at radius 1 is 1.71 bits per heavy atom. The van der Waals surface area contributed by atoms with Crippen LogP contribution >= 0.6 is 11.6 Å². The molecule has 1 rings (SSSR count). The first-order valence-corrected chi connectivity index (χ1v) is 4.08. The molecule has 0 aliphatic heterocycles. The zero-order valence-electron chi connectivity index (χ0n) is 7.36. The average molecular weight is 214 g/mol. The number of hydrogen-bond donors (Lipinski definition) is 2. The molecule has 0 amide bonds. The molecular formula is C8H8ClN3O2. The molecule has 1 aromatic heterocycles. The number of nitrogens with two attached hydrogens (primary N) is 1. The molecule has 0 fully saturated rings. The molecule has 0 saturated carbocycles. The van der Waals surface area contributed by atoms with Crippen molar-refractivity contribution in [2.45, 2.75) is 6.92 Å². The van der Waals surface area contributed by atoms with Gasteiger partial charge in [-0.15, -0.1) is 0 Å². The summed E-state index contributed by atoms with van der Waals surface area (Å²) in [6.07, 6.45) is 2.42. The zero-order valence-corrected chi connectivity index (χ0v) is 8.12. The van der Waals surface area contributed by atoms with Crippen LogP contribution < -0.4 is 5.73 Å². The van der Waals surface area contributed by atoms with Crippen LogP contribution in [0, 0.1) is 0 Å². The van der Waals surface area contributed by atoms with E-state index in [4.69, 9.17) is 22.4 Å². The number of aromatic nitrogens is 2. The molecule has 0 bridgehead atoms. The van der Waals surface area contributed by atoms with Gasteiger partial charge >= 0.3 is 5.97 Å². The highest BCUT2D eigenvalue weighted by Gasteiger charge is 2.05. The summed E-state index contributed by atoms with van der Waals surface area (Å²) in [5.41, 5.74) is 6.48. The lowest BCUT2D eigenvalue weighted by Crippen LogP contribution is -1.99. The first kappa shape index (κ1) is 10.5. The van der Waals surface area contributed by atoms with E-state index in [-0.39, 0.29) is 11.1 Å². The molecule has 0 unspecified atom stereocenters. The number of anilines is 1. The summed E-state index contributed by atoms with van der Waals surface area (Å²) >= 11 is 5.49. The van der Waals surface area contributed by atoms with Gasteiger partial charge in [0.25, 0.3) is 0 Å². The van der Waals surface area contributed by atoms with Crippen LogP contribution in [0.1, 0.15) is 12.5 Å². The van der Waals surface area contributed by atoms with Crippen LogP contribution in [-0.2, 0) is 4.79 Å². The van der Waals surface area contributed by atoms with Crippen molar-refractivity contribution < 1.29 is 9.90 Å². The van der Waals surface area contributed by atoms with Crippen LogP contribution in [0.15, 0.2) is 12.3 Å². The molecule has 0 aliphatic carbocycles. The highest BCUT2D eigenvalue weighted by atomic mass is 35.5. The molecule has 3 N–H and O–H groups in total. The maximum absolute atomic E-state index is 10.4. The van der Waals surface area contributed by atoms with Crippen LogP contribution in [0.4, 0.5) is 5.82 Å². The molecule has 74 valence electrons. The number of aliphatic carboxylic acids is 1. The lowest BCUT2D eigenvalue weighted by molar-refractivity contribution is -0.131. The van der Waals surface area contributed by atoms with Gasteiger partial charge in [-0.25, -0.2) is 14.8 Å². The second-order valence-corrected chi connectivity index (χ2v) is 2.94. The Bertz CT molecular complexity index is 404. The monoisotopic (exact) mass is 213 g/mol. The van der Waals surface area contributed by atoms with Crippen LogP contribution in [0.3, 0.4) is 0 Å². The van der Waals surface area contributed by atoms with Gasteiger partial charge in [-0.1, -0.05) is 0 Å². The zero-order chi connectivity index (χ0) is 10.7. The Kier molecular flexibility index (Phi) is 3.03. The van der Waals surface area contributed by atoms with E-state index in [1.807, 2.05) is 0 Å². The van der Waals surface area contributed by atoms with Crippen LogP contribution in [-0.4, -0.2) is 21.0 Å². The summed E-state index contributed by atoms with van der Waals surface area (Å²) in [5.74, 6) is -0.878. The van der Waals surface area contributed by atoms with Crippen molar-refractivity contribution in [3.63, 3.8) is 0 Å². The van der Waals surface area contributed by atoms with E-state index in [9.17, 15) is 4.79 Å². The van der Waals surface area contributed by atoms with E-state index in [1.165, 1.54) is 6.20 Å². The number of halogens is 1. The number of rotatable bonds is 2. The summed E-state index contributed by atoms with van der Waals surface area (Å²) in [7, 11) is 0. The SMILES string of the molecule is C/C(=C\C(=O)O)c1cnc(Cl)nc1N. The molecule has 0 atom stereocenters. The summed E-state index contributed by atoms with van der Waals surface area (Å²) in [6, 6.07) is 0. The van der Waals surface area contributed by atoms with Gasteiger partial charge in [-0.2, -0.15) is 0 Å². The number of hydrogen-bond acceptors (Lipinski definition) is 4. The summed E-state index contributed by atoms with van der Waals surface area (Å²) in [5, 5.41) is 8.54. The van der Waals surface area contributed by atoms with E-state index < -0.39 is 5.97 Å². The quantitative estimate of drug-likeness (QED) is 0.569.